The first-order chi connectivity index (χ1) is 12.5. The summed E-state index contributed by atoms with van der Waals surface area (Å²) < 4.78 is 3.57. The number of hydrogen-bond donors (Lipinski definition) is 1. The lowest BCUT2D eigenvalue weighted by Crippen LogP contribution is -2.33. The first-order valence-corrected chi connectivity index (χ1v) is 8.39. The Labute approximate surface area is 151 Å². The number of nitrogens with one attached hydrogen (secondary N) is 1. The van der Waals surface area contributed by atoms with Crippen molar-refractivity contribution in [2.75, 3.05) is 6.54 Å². The van der Waals surface area contributed by atoms with E-state index in [-0.39, 0.29) is 0 Å². The number of amides is 1. The van der Waals surface area contributed by atoms with Gasteiger partial charge in [0.1, 0.15) is 5.82 Å². The molecule has 1 amide bonds. The third-order valence-corrected chi connectivity index (χ3v) is 4.28. The Bertz CT molecular complexity index is 940. The number of aromatic nitrogens is 4. The first-order valence-electron chi connectivity index (χ1n) is 8.39. The molecule has 2 aromatic heterocycles. The van der Waals surface area contributed by atoms with Gasteiger partial charge >= 0.3 is 0 Å². The minimum atomic E-state index is -0.627. The smallest absolute Gasteiger partial charge is 0.292 e. The van der Waals surface area contributed by atoms with Crippen LogP contribution >= 0.6 is 0 Å². The second kappa shape index (κ2) is 7.35. The van der Waals surface area contributed by atoms with Crippen LogP contribution in [0.4, 0.5) is 0 Å². The van der Waals surface area contributed by atoms with Crippen LogP contribution in [0.25, 0.3) is 5.69 Å². The second-order valence-corrected chi connectivity index (χ2v) is 6.08. The fraction of sp³-hybridized carbons (Fsp3) is 0.263. The molecule has 0 radical (unpaired) electrons. The molecule has 0 unspecified atom stereocenters. The van der Waals surface area contributed by atoms with Crippen LogP contribution in [-0.2, 0) is 18.3 Å². The average Bonchev–Trinajstić information content (AvgIpc) is 3.18. The lowest BCUT2D eigenvalue weighted by atomic mass is 10.1. The Hall–Kier alpha value is -3.22. The zero-order chi connectivity index (χ0) is 18.7. The number of hydrogen-bond acceptors (Lipinski definition) is 4. The van der Waals surface area contributed by atoms with Crippen LogP contribution in [-0.4, -0.2) is 37.6 Å². The molecule has 7 nitrogen and oxygen atoms in total. The molecule has 134 valence electrons. The zero-order valence-electron chi connectivity index (χ0n) is 15.1. The average molecular weight is 351 g/mol. The highest BCUT2D eigenvalue weighted by atomic mass is 16.2. The van der Waals surface area contributed by atoms with Crippen molar-refractivity contribution in [1.82, 2.24) is 24.6 Å². The van der Waals surface area contributed by atoms with Gasteiger partial charge in [0.05, 0.1) is 22.6 Å². The number of Topliss-reactive ketones (excluding diaryl/α,β-unsaturated/α-hetero) is 1. The largest absolute Gasteiger partial charge is 0.349 e. The Morgan fingerprint density at radius 2 is 1.88 bits per heavy atom. The third-order valence-electron chi connectivity index (χ3n) is 4.28. The summed E-state index contributed by atoms with van der Waals surface area (Å²) in [6.07, 6.45) is 4.10. The molecular weight excluding hydrogens is 330 g/mol. The van der Waals surface area contributed by atoms with Crippen molar-refractivity contribution in [2.24, 2.45) is 7.05 Å². The lowest BCUT2D eigenvalue weighted by Gasteiger charge is -2.06. The van der Waals surface area contributed by atoms with Gasteiger partial charge in [-0.15, -0.1) is 0 Å². The van der Waals surface area contributed by atoms with E-state index < -0.39 is 11.7 Å². The zero-order valence-corrected chi connectivity index (χ0v) is 15.1. The van der Waals surface area contributed by atoms with Crippen LogP contribution in [0.3, 0.4) is 0 Å². The van der Waals surface area contributed by atoms with Gasteiger partial charge in [0, 0.05) is 32.4 Å². The van der Waals surface area contributed by atoms with Gasteiger partial charge in [-0.2, -0.15) is 5.10 Å². The molecule has 0 aliphatic carbocycles. The summed E-state index contributed by atoms with van der Waals surface area (Å²) in [6.45, 7) is 3.88. The summed E-state index contributed by atoms with van der Waals surface area (Å²) in [5, 5.41) is 7.09. The SMILES string of the molecule is Cc1nn(-c2ccccc2)c(C)c1C(=O)C(=O)NCCc1nccn1C. The molecule has 0 fully saturated rings. The van der Waals surface area contributed by atoms with Crippen LogP contribution in [0.2, 0.25) is 0 Å². The number of rotatable bonds is 6. The maximum Gasteiger partial charge on any atom is 0.292 e. The predicted octanol–water partition coefficient (Wildman–Crippen LogP) is 1.76. The van der Waals surface area contributed by atoms with E-state index in [0.29, 0.717) is 29.9 Å². The molecule has 0 aliphatic heterocycles. The molecule has 0 saturated heterocycles. The minimum absolute atomic E-state index is 0.348. The highest BCUT2D eigenvalue weighted by Gasteiger charge is 2.24. The molecule has 2 heterocycles. The fourth-order valence-electron chi connectivity index (χ4n) is 2.91. The van der Waals surface area contributed by atoms with Gasteiger partial charge in [-0.3, -0.25) is 9.59 Å². The second-order valence-electron chi connectivity index (χ2n) is 6.08. The Kier molecular flexibility index (Phi) is 4.97. The Balaban J connectivity index is 1.72. The van der Waals surface area contributed by atoms with Crippen LogP contribution in [0.5, 0.6) is 0 Å². The summed E-state index contributed by atoms with van der Waals surface area (Å²) in [5.74, 6) is -0.345. The van der Waals surface area contributed by atoms with Gasteiger partial charge in [0.25, 0.3) is 11.7 Å². The van der Waals surface area contributed by atoms with Crippen molar-refractivity contribution >= 4 is 11.7 Å². The molecule has 1 aromatic carbocycles. The van der Waals surface area contributed by atoms with E-state index in [2.05, 4.69) is 15.4 Å². The first kappa shape index (κ1) is 17.6. The molecule has 7 heteroatoms. The van der Waals surface area contributed by atoms with Crippen molar-refractivity contribution in [3.8, 4) is 5.69 Å². The summed E-state index contributed by atoms with van der Waals surface area (Å²) >= 11 is 0. The van der Waals surface area contributed by atoms with E-state index in [1.807, 2.05) is 48.1 Å². The van der Waals surface area contributed by atoms with Crippen molar-refractivity contribution in [2.45, 2.75) is 20.3 Å². The maximum atomic E-state index is 12.6. The molecule has 0 atom stereocenters. The number of imidazole rings is 1. The summed E-state index contributed by atoms with van der Waals surface area (Å²) in [6, 6.07) is 9.52. The van der Waals surface area contributed by atoms with Gasteiger partial charge in [-0.1, -0.05) is 18.2 Å². The van der Waals surface area contributed by atoms with Crippen LogP contribution in [0, 0.1) is 13.8 Å². The van der Waals surface area contributed by atoms with Gasteiger partial charge < -0.3 is 9.88 Å². The van der Waals surface area contributed by atoms with E-state index in [1.54, 1.807) is 24.7 Å². The number of nitrogens with zero attached hydrogens (tertiary/aromatic N) is 4. The number of carbonyl (C=O) groups excluding carboxylic acids is 2. The van der Waals surface area contributed by atoms with Gasteiger partial charge in [0.15, 0.2) is 0 Å². The van der Waals surface area contributed by atoms with Crippen LogP contribution in [0.1, 0.15) is 27.6 Å². The predicted molar refractivity (Wildman–Crippen MR) is 97.3 cm³/mol. The Morgan fingerprint density at radius 3 is 2.54 bits per heavy atom. The highest BCUT2D eigenvalue weighted by Crippen LogP contribution is 2.18. The van der Waals surface area contributed by atoms with Crippen molar-refractivity contribution in [3.63, 3.8) is 0 Å². The molecule has 0 spiro atoms. The number of aryl methyl sites for hydroxylation is 2. The van der Waals surface area contributed by atoms with E-state index in [9.17, 15) is 9.59 Å². The molecule has 3 rings (SSSR count). The minimum Gasteiger partial charge on any atom is -0.349 e. The van der Waals surface area contributed by atoms with Gasteiger partial charge in [0.2, 0.25) is 0 Å². The van der Waals surface area contributed by atoms with E-state index in [4.69, 9.17) is 0 Å². The number of ketones is 1. The van der Waals surface area contributed by atoms with E-state index in [0.717, 1.165) is 11.5 Å². The summed E-state index contributed by atoms with van der Waals surface area (Å²) in [7, 11) is 1.89. The highest BCUT2D eigenvalue weighted by molar-refractivity contribution is 6.43. The lowest BCUT2D eigenvalue weighted by molar-refractivity contribution is -0.116. The van der Waals surface area contributed by atoms with Gasteiger partial charge in [-0.05, 0) is 26.0 Å². The quantitative estimate of drug-likeness (QED) is 0.542. The van der Waals surface area contributed by atoms with Crippen molar-refractivity contribution < 1.29 is 9.59 Å². The van der Waals surface area contributed by atoms with Crippen molar-refractivity contribution in [3.05, 3.63) is 65.5 Å². The van der Waals surface area contributed by atoms with Crippen LogP contribution < -0.4 is 5.32 Å². The number of para-hydroxylation sites is 1. The fourth-order valence-corrected chi connectivity index (χ4v) is 2.91. The van der Waals surface area contributed by atoms with Crippen molar-refractivity contribution in [1.29, 1.82) is 0 Å². The topological polar surface area (TPSA) is 81.8 Å². The molecule has 1 N–H and O–H groups in total. The maximum absolute atomic E-state index is 12.6. The molecule has 0 saturated carbocycles. The van der Waals surface area contributed by atoms with E-state index >= 15 is 0 Å². The summed E-state index contributed by atoms with van der Waals surface area (Å²) in [5.41, 5.74) is 2.39. The number of carbonyl (C=O) groups is 2. The molecule has 3 aromatic rings. The Morgan fingerprint density at radius 1 is 1.15 bits per heavy atom. The number of benzene rings is 1. The molecule has 0 aliphatic rings. The van der Waals surface area contributed by atoms with E-state index in [1.165, 1.54) is 0 Å². The third kappa shape index (κ3) is 3.42. The van der Waals surface area contributed by atoms with Gasteiger partial charge in [-0.25, -0.2) is 9.67 Å². The molecular formula is C19H21N5O2. The molecule has 0 bridgehead atoms. The molecule has 26 heavy (non-hydrogen) atoms. The normalized spacial score (nSPS) is 10.7. The van der Waals surface area contributed by atoms with Crippen LogP contribution in [0.15, 0.2) is 42.7 Å². The summed E-state index contributed by atoms with van der Waals surface area (Å²) in [4.78, 5) is 29.1. The standard InChI is InChI=1S/C19H21N5O2/c1-13-17(14(2)24(22-13)15-7-5-4-6-8-15)18(25)19(26)21-10-9-16-20-11-12-23(16)3/h4-8,11-12H,9-10H2,1-3H3,(H,21,26). The monoisotopic (exact) mass is 351 g/mol.